The van der Waals surface area contributed by atoms with E-state index in [1.807, 2.05) is 36.4 Å². The molecule has 0 aromatic heterocycles. The molecule has 0 fully saturated rings. The summed E-state index contributed by atoms with van der Waals surface area (Å²) in [5.41, 5.74) is 4.32. The molecule has 1 atom stereocenters. The summed E-state index contributed by atoms with van der Waals surface area (Å²) in [6, 6.07) is 13.5. The Balaban J connectivity index is 1.49. The summed E-state index contributed by atoms with van der Waals surface area (Å²) in [5.74, 6) is 0.0174. The lowest BCUT2D eigenvalue weighted by Crippen LogP contribution is -2.30. The maximum Gasteiger partial charge on any atom is 0.306 e. The Labute approximate surface area is 159 Å². The molecule has 1 N–H and O–H groups in total. The highest BCUT2D eigenvalue weighted by Crippen LogP contribution is 2.25. The van der Waals surface area contributed by atoms with Crippen LogP contribution < -0.4 is 10.1 Å². The van der Waals surface area contributed by atoms with Crippen molar-refractivity contribution in [1.29, 1.82) is 0 Å². The first kappa shape index (κ1) is 19.0. The first-order valence-electron chi connectivity index (χ1n) is 9.31. The Morgan fingerprint density at radius 2 is 1.89 bits per heavy atom. The zero-order valence-corrected chi connectivity index (χ0v) is 15.8. The minimum absolute atomic E-state index is 0.191. The number of aryl methyl sites for hydroxylation is 3. The lowest BCUT2D eigenvalue weighted by molar-refractivity contribution is -0.153. The van der Waals surface area contributed by atoms with Gasteiger partial charge in [0.1, 0.15) is 5.75 Å². The molecule has 1 aliphatic carbocycles. The molecule has 0 radical (unpaired) electrons. The van der Waals surface area contributed by atoms with Crippen molar-refractivity contribution in [2.75, 3.05) is 12.4 Å². The number of fused-ring (bicyclic) bond motifs is 1. The predicted octanol–water partition coefficient (Wildman–Crippen LogP) is 3.69. The van der Waals surface area contributed by atoms with E-state index in [1.165, 1.54) is 11.1 Å². The molecular formula is C22H25NO4. The molecule has 0 bridgehead atoms. The molecule has 1 amide bonds. The zero-order chi connectivity index (χ0) is 19.2. The Morgan fingerprint density at radius 3 is 2.70 bits per heavy atom. The van der Waals surface area contributed by atoms with Crippen LogP contribution in [0.5, 0.6) is 5.75 Å². The quantitative estimate of drug-likeness (QED) is 0.758. The third-order valence-electron chi connectivity index (χ3n) is 4.83. The van der Waals surface area contributed by atoms with E-state index < -0.39 is 12.1 Å². The molecule has 0 aliphatic heterocycles. The number of carbonyl (C=O) groups excluding carboxylic acids is 2. The van der Waals surface area contributed by atoms with Crippen LogP contribution in [0.1, 0.15) is 36.5 Å². The van der Waals surface area contributed by atoms with Gasteiger partial charge in [0.15, 0.2) is 6.10 Å². The topological polar surface area (TPSA) is 64.6 Å². The molecule has 0 saturated heterocycles. The molecule has 142 valence electrons. The Hall–Kier alpha value is -2.82. The fourth-order valence-corrected chi connectivity index (χ4v) is 3.35. The predicted molar refractivity (Wildman–Crippen MR) is 104 cm³/mol. The molecule has 0 spiro atoms. The number of benzene rings is 2. The van der Waals surface area contributed by atoms with Gasteiger partial charge in [-0.05, 0) is 67.5 Å². The van der Waals surface area contributed by atoms with Gasteiger partial charge in [-0.2, -0.15) is 0 Å². The van der Waals surface area contributed by atoms with Crippen LogP contribution in [-0.2, 0) is 33.6 Å². The van der Waals surface area contributed by atoms with Crippen molar-refractivity contribution < 1.29 is 19.1 Å². The van der Waals surface area contributed by atoms with Crippen LogP contribution in [0.2, 0.25) is 0 Å². The van der Waals surface area contributed by atoms with Gasteiger partial charge in [0, 0.05) is 12.1 Å². The van der Waals surface area contributed by atoms with E-state index in [0.717, 1.165) is 36.3 Å². The molecule has 3 rings (SSSR count). The van der Waals surface area contributed by atoms with Crippen LogP contribution >= 0.6 is 0 Å². The molecule has 2 aromatic carbocycles. The molecule has 27 heavy (non-hydrogen) atoms. The highest BCUT2D eigenvalue weighted by molar-refractivity contribution is 5.95. The van der Waals surface area contributed by atoms with Gasteiger partial charge in [-0.1, -0.05) is 24.3 Å². The van der Waals surface area contributed by atoms with Gasteiger partial charge >= 0.3 is 5.97 Å². The lowest BCUT2D eigenvalue weighted by Gasteiger charge is -2.14. The largest absolute Gasteiger partial charge is 0.496 e. The lowest BCUT2D eigenvalue weighted by atomic mass is 10.1. The van der Waals surface area contributed by atoms with E-state index in [9.17, 15) is 9.59 Å². The Kier molecular flexibility index (Phi) is 6.12. The van der Waals surface area contributed by atoms with Crippen molar-refractivity contribution in [3.8, 4) is 5.75 Å². The summed E-state index contributed by atoms with van der Waals surface area (Å²) < 4.78 is 10.6. The second-order valence-corrected chi connectivity index (χ2v) is 6.77. The normalized spacial score (nSPS) is 13.6. The molecule has 1 aliphatic rings. The van der Waals surface area contributed by atoms with E-state index >= 15 is 0 Å². The first-order chi connectivity index (χ1) is 13.1. The number of rotatable bonds is 7. The number of methoxy groups -OCH3 is 1. The number of nitrogens with one attached hydrogen (secondary N) is 1. The van der Waals surface area contributed by atoms with E-state index in [2.05, 4.69) is 11.4 Å². The van der Waals surface area contributed by atoms with Gasteiger partial charge in [0.2, 0.25) is 0 Å². The number of para-hydroxylation sites is 1. The second-order valence-electron chi connectivity index (χ2n) is 6.77. The molecule has 5 nitrogen and oxygen atoms in total. The smallest absolute Gasteiger partial charge is 0.306 e. The standard InChI is InChI=1S/C22H25NO4/c1-15(22(25)23-19-12-10-16-7-5-8-18(16)14-19)27-21(24)13-11-17-6-3-4-9-20(17)26-2/h3-4,6,9-10,12,14-15H,5,7-8,11,13H2,1-2H3,(H,23,25)/t15-/m1/s1. The van der Waals surface area contributed by atoms with Crippen LogP contribution in [0.4, 0.5) is 5.69 Å². The molecular weight excluding hydrogens is 342 g/mol. The number of hydrogen-bond donors (Lipinski definition) is 1. The third-order valence-corrected chi connectivity index (χ3v) is 4.83. The summed E-state index contributed by atoms with van der Waals surface area (Å²) >= 11 is 0. The van der Waals surface area contributed by atoms with E-state index in [-0.39, 0.29) is 12.3 Å². The summed E-state index contributed by atoms with van der Waals surface area (Å²) in [6.45, 7) is 1.59. The fourth-order valence-electron chi connectivity index (χ4n) is 3.35. The highest BCUT2D eigenvalue weighted by atomic mass is 16.5. The monoisotopic (exact) mass is 367 g/mol. The van der Waals surface area contributed by atoms with Gasteiger partial charge in [-0.15, -0.1) is 0 Å². The summed E-state index contributed by atoms with van der Waals surface area (Å²) in [4.78, 5) is 24.4. The maximum absolute atomic E-state index is 12.3. The van der Waals surface area contributed by atoms with Gasteiger partial charge in [-0.3, -0.25) is 9.59 Å². The van der Waals surface area contributed by atoms with Crippen LogP contribution in [0.25, 0.3) is 0 Å². The summed E-state index contributed by atoms with van der Waals surface area (Å²) in [7, 11) is 1.60. The average molecular weight is 367 g/mol. The second kappa shape index (κ2) is 8.71. The number of amides is 1. The Morgan fingerprint density at radius 1 is 1.11 bits per heavy atom. The van der Waals surface area contributed by atoms with E-state index in [4.69, 9.17) is 9.47 Å². The highest BCUT2D eigenvalue weighted by Gasteiger charge is 2.19. The summed E-state index contributed by atoms with van der Waals surface area (Å²) in [6.07, 6.45) is 3.16. The SMILES string of the molecule is COc1ccccc1CCC(=O)O[C@H](C)C(=O)Nc1ccc2c(c1)CCC2. The number of carbonyl (C=O) groups is 2. The molecule has 5 heteroatoms. The maximum atomic E-state index is 12.3. The number of anilines is 1. The van der Waals surface area contributed by atoms with Gasteiger partial charge < -0.3 is 14.8 Å². The fraction of sp³-hybridized carbons (Fsp3) is 0.364. The minimum atomic E-state index is -0.844. The van der Waals surface area contributed by atoms with Gasteiger partial charge in [0.05, 0.1) is 7.11 Å². The van der Waals surface area contributed by atoms with Crippen molar-refractivity contribution in [3.05, 3.63) is 59.2 Å². The first-order valence-corrected chi connectivity index (χ1v) is 9.31. The van der Waals surface area contributed by atoms with Gasteiger partial charge in [0.25, 0.3) is 5.91 Å². The number of esters is 1. The van der Waals surface area contributed by atoms with Gasteiger partial charge in [-0.25, -0.2) is 0 Å². The summed E-state index contributed by atoms with van der Waals surface area (Å²) in [5, 5.41) is 2.83. The molecule has 0 heterocycles. The van der Waals surface area contributed by atoms with Crippen LogP contribution in [0.3, 0.4) is 0 Å². The number of hydrogen-bond acceptors (Lipinski definition) is 4. The zero-order valence-electron chi connectivity index (χ0n) is 15.8. The van der Waals surface area contributed by atoms with Crippen molar-refractivity contribution in [3.63, 3.8) is 0 Å². The van der Waals surface area contributed by atoms with E-state index in [1.54, 1.807) is 14.0 Å². The van der Waals surface area contributed by atoms with Crippen molar-refractivity contribution >= 4 is 17.6 Å². The van der Waals surface area contributed by atoms with Crippen molar-refractivity contribution in [1.82, 2.24) is 0 Å². The van der Waals surface area contributed by atoms with Crippen molar-refractivity contribution in [2.24, 2.45) is 0 Å². The minimum Gasteiger partial charge on any atom is -0.496 e. The van der Waals surface area contributed by atoms with Crippen LogP contribution in [-0.4, -0.2) is 25.1 Å². The van der Waals surface area contributed by atoms with E-state index in [0.29, 0.717) is 6.42 Å². The Bertz CT molecular complexity index is 831. The third kappa shape index (κ3) is 4.88. The molecule has 0 saturated carbocycles. The van der Waals surface area contributed by atoms with Crippen LogP contribution in [0, 0.1) is 0 Å². The molecule has 2 aromatic rings. The van der Waals surface area contributed by atoms with Crippen LogP contribution in [0.15, 0.2) is 42.5 Å². The number of ether oxygens (including phenoxy) is 2. The molecule has 0 unspecified atom stereocenters. The van der Waals surface area contributed by atoms with Crippen molar-refractivity contribution in [2.45, 2.75) is 45.1 Å². The average Bonchev–Trinajstić information content (AvgIpc) is 3.14.